The Bertz CT molecular complexity index is 1250. The molecule has 1 aromatic heterocycles. The van der Waals surface area contributed by atoms with Crippen LogP contribution in [-0.4, -0.2) is 22.0 Å². The van der Waals surface area contributed by atoms with Crippen LogP contribution in [0.3, 0.4) is 0 Å². The fraction of sp³-hybridized carbons (Fsp3) is 0.120. The van der Waals surface area contributed by atoms with Gasteiger partial charge in [-0.15, -0.1) is 0 Å². The summed E-state index contributed by atoms with van der Waals surface area (Å²) in [5, 5.41) is 3.70. The Kier molecular flexibility index (Phi) is 6.49. The molecule has 0 fully saturated rings. The van der Waals surface area contributed by atoms with Crippen LogP contribution in [0.1, 0.15) is 24.2 Å². The summed E-state index contributed by atoms with van der Waals surface area (Å²) in [6.07, 6.45) is 1.77. The molecule has 1 amide bonds. The van der Waals surface area contributed by atoms with Crippen molar-refractivity contribution >= 4 is 34.8 Å². The second-order valence-electron chi connectivity index (χ2n) is 7.47. The first-order valence-corrected chi connectivity index (χ1v) is 10.8. The van der Waals surface area contributed by atoms with Crippen molar-refractivity contribution in [3.8, 4) is 28.4 Å². The molecule has 5 nitrogen and oxygen atoms in total. The third-order valence-corrected chi connectivity index (χ3v) is 5.34. The molecule has 32 heavy (non-hydrogen) atoms. The molecule has 2 N–H and O–H groups in total. The minimum absolute atomic E-state index is 0.0160. The minimum Gasteiger partial charge on any atom is -0.491 e. The number of H-pyrrole nitrogens is 1. The van der Waals surface area contributed by atoms with Crippen molar-refractivity contribution in [1.29, 1.82) is 0 Å². The minimum atomic E-state index is -0.330. The highest BCUT2D eigenvalue weighted by Gasteiger charge is 2.15. The molecule has 162 valence electrons. The van der Waals surface area contributed by atoms with E-state index in [1.54, 1.807) is 42.6 Å². The van der Waals surface area contributed by atoms with Gasteiger partial charge in [-0.2, -0.15) is 0 Å². The lowest BCUT2D eigenvalue weighted by Gasteiger charge is -2.12. The van der Waals surface area contributed by atoms with Crippen LogP contribution in [0.25, 0.3) is 22.6 Å². The molecule has 0 bridgehead atoms. The summed E-state index contributed by atoms with van der Waals surface area (Å²) in [6.45, 7) is 3.85. The number of benzene rings is 3. The standard InChI is InChI=1S/C25H21Cl2N3O2/c1-15(2)32-18-9-10-19(22(27)13-18)25(31)29-17-8-11-21(26)20(12-17)24-28-14-23(30-24)16-6-4-3-5-7-16/h3-15H,1-2H3,(H,28,30)(H,29,31). The normalized spacial score (nSPS) is 10.9. The molecule has 3 aromatic carbocycles. The number of hydrogen-bond acceptors (Lipinski definition) is 3. The number of imidazole rings is 1. The summed E-state index contributed by atoms with van der Waals surface area (Å²) in [5.41, 5.74) is 3.50. The molecule has 0 radical (unpaired) electrons. The van der Waals surface area contributed by atoms with Gasteiger partial charge in [0.05, 0.1) is 33.6 Å². The topological polar surface area (TPSA) is 67.0 Å². The van der Waals surface area contributed by atoms with Gasteiger partial charge < -0.3 is 15.0 Å². The molecule has 0 aliphatic heterocycles. The summed E-state index contributed by atoms with van der Waals surface area (Å²) < 4.78 is 5.62. The van der Waals surface area contributed by atoms with Crippen molar-refractivity contribution in [3.63, 3.8) is 0 Å². The number of carbonyl (C=O) groups excluding carboxylic acids is 1. The maximum atomic E-state index is 12.8. The first-order chi connectivity index (χ1) is 15.4. The van der Waals surface area contributed by atoms with Crippen molar-refractivity contribution in [1.82, 2.24) is 9.97 Å². The molecule has 0 aliphatic carbocycles. The smallest absolute Gasteiger partial charge is 0.257 e. The molecule has 0 unspecified atom stereocenters. The van der Waals surface area contributed by atoms with E-state index in [9.17, 15) is 4.79 Å². The van der Waals surface area contributed by atoms with Gasteiger partial charge in [-0.05, 0) is 55.8 Å². The van der Waals surface area contributed by atoms with Crippen LogP contribution >= 0.6 is 23.2 Å². The van der Waals surface area contributed by atoms with E-state index in [1.807, 2.05) is 44.2 Å². The third kappa shape index (κ3) is 4.96. The van der Waals surface area contributed by atoms with Crippen molar-refractivity contribution in [2.45, 2.75) is 20.0 Å². The van der Waals surface area contributed by atoms with Gasteiger partial charge >= 0.3 is 0 Å². The average Bonchev–Trinajstić information content (AvgIpc) is 3.25. The molecule has 0 saturated heterocycles. The van der Waals surface area contributed by atoms with Crippen LogP contribution in [0.15, 0.2) is 72.9 Å². The molecule has 4 rings (SSSR count). The predicted octanol–water partition coefficient (Wildman–Crippen LogP) is 7.09. The second-order valence-corrected chi connectivity index (χ2v) is 8.28. The highest BCUT2D eigenvalue weighted by atomic mass is 35.5. The van der Waals surface area contributed by atoms with Crippen LogP contribution in [0, 0.1) is 0 Å². The summed E-state index contributed by atoms with van der Waals surface area (Å²) in [5.74, 6) is 0.893. The number of aromatic amines is 1. The Labute approximate surface area is 196 Å². The Morgan fingerprint density at radius 1 is 1.00 bits per heavy atom. The van der Waals surface area contributed by atoms with Crippen LogP contribution in [0.5, 0.6) is 5.75 Å². The number of ether oxygens (including phenoxy) is 1. The van der Waals surface area contributed by atoms with E-state index in [0.717, 1.165) is 11.3 Å². The number of nitrogens with zero attached hydrogens (tertiary/aromatic N) is 1. The summed E-state index contributed by atoms with van der Waals surface area (Å²) in [4.78, 5) is 20.5. The van der Waals surface area contributed by atoms with E-state index in [2.05, 4.69) is 15.3 Å². The second kappa shape index (κ2) is 9.47. The third-order valence-electron chi connectivity index (χ3n) is 4.70. The fourth-order valence-corrected chi connectivity index (χ4v) is 3.69. The SMILES string of the molecule is CC(C)Oc1ccc(C(=O)Nc2ccc(Cl)c(-c3ncc(-c4ccccc4)[nH]3)c2)c(Cl)c1. The molecule has 1 heterocycles. The number of aromatic nitrogens is 2. The number of halogens is 2. The molecular formula is C25H21Cl2N3O2. The number of carbonyl (C=O) groups is 1. The van der Waals surface area contributed by atoms with Crippen molar-refractivity contribution < 1.29 is 9.53 Å². The van der Waals surface area contributed by atoms with Crippen molar-refractivity contribution in [2.24, 2.45) is 0 Å². The van der Waals surface area contributed by atoms with Gasteiger partial charge in [0.25, 0.3) is 5.91 Å². The van der Waals surface area contributed by atoms with Gasteiger partial charge in [0, 0.05) is 11.3 Å². The van der Waals surface area contributed by atoms with E-state index in [0.29, 0.717) is 38.4 Å². The summed E-state index contributed by atoms with van der Waals surface area (Å²) in [6, 6.07) is 20.1. The van der Waals surface area contributed by atoms with Crippen LogP contribution < -0.4 is 10.1 Å². The van der Waals surface area contributed by atoms with Crippen molar-refractivity contribution in [3.05, 3.63) is 88.5 Å². The van der Waals surface area contributed by atoms with Gasteiger partial charge in [-0.3, -0.25) is 4.79 Å². The molecule has 0 aliphatic rings. The van der Waals surface area contributed by atoms with Crippen molar-refractivity contribution in [2.75, 3.05) is 5.32 Å². The Morgan fingerprint density at radius 3 is 2.50 bits per heavy atom. The Morgan fingerprint density at radius 2 is 1.78 bits per heavy atom. The lowest BCUT2D eigenvalue weighted by Crippen LogP contribution is -2.13. The van der Waals surface area contributed by atoms with E-state index in [4.69, 9.17) is 27.9 Å². The number of nitrogens with one attached hydrogen (secondary N) is 2. The monoisotopic (exact) mass is 465 g/mol. The first kappa shape index (κ1) is 21.9. The fourth-order valence-electron chi connectivity index (χ4n) is 3.23. The highest BCUT2D eigenvalue weighted by Crippen LogP contribution is 2.31. The molecule has 4 aromatic rings. The maximum absolute atomic E-state index is 12.8. The number of rotatable bonds is 6. The summed E-state index contributed by atoms with van der Waals surface area (Å²) >= 11 is 12.7. The zero-order valence-electron chi connectivity index (χ0n) is 17.5. The molecule has 0 spiro atoms. The van der Waals surface area contributed by atoms with Gasteiger partial charge in [-0.25, -0.2) is 4.98 Å². The average molecular weight is 466 g/mol. The number of hydrogen-bond donors (Lipinski definition) is 2. The van der Waals surface area contributed by atoms with Crippen LogP contribution in [0.2, 0.25) is 10.0 Å². The van der Waals surface area contributed by atoms with Crippen LogP contribution in [-0.2, 0) is 0 Å². The van der Waals surface area contributed by atoms with E-state index >= 15 is 0 Å². The predicted molar refractivity (Wildman–Crippen MR) is 130 cm³/mol. The highest BCUT2D eigenvalue weighted by molar-refractivity contribution is 6.35. The van der Waals surface area contributed by atoms with Gasteiger partial charge in [-0.1, -0.05) is 53.5 Å². The Hall–Kier alpha value is -3.28. The van der Waals surface area contributed by atoms with E-state index < -0.39 is 0 Å². The van der Waals surface area contributed by atoms with E-state index in [-0.39, 0.29) is 12.0 Å². The quantitative estimate of drug-likeness (QED) is 0.319. The van der Waals surface area contributed by atoms with Crippen LogP contribution in [0.4, 0.5) is 5.69 Å². The zero-order valence-corrected chi connectivity index (χ0v) is 19.0. The molecule has 0 atom stereocenters. The zero-order chi connectivity index (χ0) is 22.7. The maximum Gasteiger partial charge on any atom is 0.257 e. The largest absolute Gasteiger partial charge is 0.491 e. The molecule has 0 saturated carbocycles. The lowest BCUT2D eigenvalue weighted by molar-refractivity contribution is 0.102. The number of anilines is 1. The molecule has 7 heteroatoms. The van der Waals surface area contributed by atoms with Gasteiger partial charge in [0.2, 0.25) is 0 Å². The van der Waals surface area contributed by atoms with Gasteiger partial charge in [0.15, 0.2) is 0 Å². The van der Waals surface area contributed by atoms with E-state index in [1.165, 1.54) is 0 Å². The lowest BCUT2D eigenvalue weighted by atomic mass is 10.1. The molecular weight excluding hydrogens is 445 g/mol. The summed E-state index contributed by atoms with van der Waals surface area (Å²) in [7, 11) is 0. The Balaban J connectivity index is 1.56. The number of amides is 1. The van der Waals surface area contributed by atoms with Gasteiger partial charge in [0.1, 0.15) is 11.6 Å². The first-order valence-electron chi connectivity index (χ1n) is 10.1.